The van der Waals surface area contributed by atoms with E-state index in [0.717, 1.165) is 0 Å². The van der Waals surface area contributed by atoms with Crippen molar-refractivity contribution in [3.05, 3.63) is 47.7 Å². The fourth-order valence-electron chi connectivity index (χ4n) is 1.76. The number of hydrogen-bond donors (Lipinski definition) is 0. The number of aldehydes is 1. The Labute approximate surface area is 117 Å². The molecule has 4 heteroatoms. The molecule has 0 saturated heterocycles. The van der Waals surface area contributed by atoms with Gasteiger partial charge in [0.05, 0.1) is 12.2 Å². The molecule has 0 amide bonds. The summed E-state index contributed by atoms with van der Waals surface area (Å²) >= 11 is 0. The summed E-state index contributed by atoms with van der Waals surface area (Å²) in [5.41, 5.74) is 1.05. The van der Waals surface area contributed by atoms with E-state index >= 15 is 0 Å². The number of benzene rings is 1. The molecule has 0 N–H and O–H groups in total. The third-order valence-electron chi connectivity index (χ3n) is 2.70. The Morgan fingerprint density at radius 2 is 2.00 bits per heavy atom. The van der Waals surface area contributed by atoms with Gasteiger partial charge in [0, 0.05) is 5.56 Å². The van der Waals surface area contributed by atoms with Crippen LogP contribution in [0.5, 0.6) is 0 Å². The van der Waals surface area contributed by atoms with E-state index in [1.54, 1.807) is 36.4 Å². The number of ether oxygens (including phenoxy) is 1. The minimum Gasteiger partial charge on any atom is -0.462 e. The van der Waals surface area contributed by atoms with Gasteiger partial charge in [-0.3, -0.25) is 4.79 Å². The molecule has 1 aromatic carbocycles. The molecule has 0 radical (unpaired) electrons. The smallest absolute Gasteiger partial charge is 0.338 e. The van der Waals surface area contributed by atoms with Crippen LogP contribution in [0.2, 0.25) is 0 Å². The van der Waals surface area contributed by atoms with Crippen molar-refractivity contribution in [2.45, 2.75) is 13.8 Å². The zero-order chi connectivity index (χ0) is 14.5. The maximum Gasteiger partial charge on any atom is 0.338 e. The Morgan fingerprint density at radius 3 is 2.65 bits per heavy atom. The van der Waals surface area contributed by atoms with Crippen LogP contribution >= 0.6 is 0 Å². The third-order valence-corrected chi connectivity index (χ3v) is 2.70. The van der Waals surface area contributed by atoms with Crippen molar-refractivity contribution in [2.24, 2.45) is 5.92 Å². The Morgan fingerprint density at radius 1 is 1.25 bits per heavy atom. The van der Waals surface area contributed by atoms with Crippen LogP contribution in [0.1, 0.15) is 34.8 Å². The SMILES string of the molecule is CC(C)COC(=O)c1ccccc1-c1ccc(C=O)o1. The number of furan rings is 1. The van der Waals surface area contributed by atoms with E-state index in [1.165, 1.54) is 0 Å². The second-order valence-electron chi connectivity index (χ2n) is 4.86. The van der Waals surface area contributed by atoms with Gasteiger partial charge in [0.2, 0.25) is 0 Å². The van der Waals surface area contributed by atoms with E-state index in [-0.39, 0.29) is 11.7 Å². The second kappa shape index (κ2) is 6.19. The lowest BCUT2D eigenvalue weighted by Crippen LogP contribution is -2.11. The molecule has 4 nitrogen and oxygen atoms in total. The Kier molecular flexibility index (Phi) is 4.35. The van der Waals surface area contributed by atoms with E-state index in [4.69, 9.17) is 9.15 Å². The molecule has 20 heavy (non-hydrogen) atoms. The second-order valence-corrected chi connectivity index (χ2v) is 4.86. The van der Waals surface area contributed by atoms with Crippen molar-refractivity contribution >= 4 is 12.3 Å². The maximum absolute atomic E-state index is 12.1. The highest BCUT2D eigenvalue weighted by Gasteiger charge is 2.16. The molecule has 0 unspecified atom stereocenters. The zero-order valence-corrected chi connectivity index (χ0v) is 11.5. The summed E-state index contributed by atoms with van der Waals surface area (Å²) in [5.74, 6) is 0.587. The average molecular weight is 272 g/mol. The lowest BCUT2D eigenvalue weighted by molar-refractivity contribution is 0.0459. The highest BCUT2D eigenvalue weighted by Crippen LogP contribution is 2.26. The van der Waals surface area contributed by atoms with Crippen molar-refractivity contribution in [3.63, 3.8) is 0 Å². The van der Waals surface area contributed by atoms with Gasteiger partial charge in [0.15, 0.2) is 12.0 Å². The first-order valence-electron chi connectivity index (χ1n) is 6.43. The van der Waals surface area contributed by atoms with Crippen LogP contribution in [0.25, 0.3) is 11.3 Å². The van der Waals surface area contributed by atoms with Gasteiger partial charge in [-0.15, -0.1) is 0 Å². The van der Waals surface area contributed by atoms with Crippen LogP contribution in [-0.4, -0.2) is 18.9 Å². The molecule has 0 bridgehead atoms. The highest BCUT2D eigenvalue weighted by molar-refractivity contribution is 5.96. The molecule has 1 heterocycles. The largest absolute Gasteiger partial charge is 0.462 e. The minimum absolute atomic E-state index is 0.227. The third kappa shape index (κ3) is 3.15. The fourth-order valence-corrected chi connectivity index (χ4v) is 1.76. The summed E-state index contributed by atoms with van der Waals surface area (Å²) in [5, 5.41) is 0. The average Bonchev–Trinajstić information content (AvgIpc) is 2.93. The van der Waals surface area contributed by atoms with Gasteiger partial charge in [-0.1, -0.05) is 32.0 Å². The predicted molar refractivity (Wildman–Crippen MR) is 74.7 cm³/mol. The van der Waals surface area contributed by atoms with Gasteiger partial charge in [-0.25, -0.2) is 4.79 Å². The molecule has 0 aliphatic heterocycles. The van der Waals surface area contributed by atoms with Crippen LogP contribution in [0.15, 0.2) is 40.8 Å². The summed E-state index contributed by atoms with van der Waals surface area (Å²) in [4.78, 5) is 22.7. The Hall–Kier alpha value is -2.36. The van der Waals surface area contributed by atoms with E-state index in [2.05, 4.69) is 0 Å². The van der Waals surface area contributed by atoms with E-state index in [0.29, 0.717) is 29.8 Å². The summed E-state index contributed by atoms with van der Waals surface area (Å²) in [6.07, 6.45) is 0.628. The van der Waals surface area contributed by atoms with Crippen molar-refractivity contribution in [3.8, 4) is 11.3 Å². The number of carbonyl (C=O) groups is 2. The van der Waals surface area contributed by atoms with Gasteiger partial charge in [-0.05, 0) is 24.1 Å². The lowest BCUT2D eigenvalue weighted by atomic mass is 10.1. The highest BCUT2D eigenvalue weighted by atomic mass is 16.5. The lowest BCUT2D eigenvalue weighted by Gasteiger charge is -2.09. The van der Waals surface area contributed by atoms with E-state index < -0.39 is 5.97 Å². The summed E-state index contributed by atoms with van der Waals surface area (Å²) < 4.78 is 10.6. The van der Waals surface area contributed by atoms with Gasteiger partial charge in [-0.2, -0.15) is 0 Å². The van der Waals surface area contributed by atoms with Crippen LogP contribution in [0.4, 0.5) is 0 Å². The molecule has 0 aliphatic rings. The van der Waals surface area contributed by atoms with Crippen LogP contribution < -0.4 is 0 Å². The number of esters is 1. The van der Waals surface area contributed by atoms with Crippen molar-refractivity contribution in [1.82, 2.24) is 0 Å². The van der Waals surface area contributed by atoms with E-state index in [9.17, 15) is 9.59 Å². The summed E-state index contributed by atoms with van der Waals surface area (Å²) in [6, 6.07) is 10.2. The first-order chi connectivity index (χ1) is 9.61. The van der Waals surface area contributed by atoms with Crippen molar-refractivity contribution < 1.29 is 18.7 Å². The normalized spacial score (nSPS) is 10.6. The molecule has 0 fully saturated rings. The summed E-state index contributed by atoms with van der Waals surface area (Å²) in [7, 11) is 0. The van der Waals surface area contributed by atoms with Crippen LogP contribution in [0.3, 0.4) is 0 Å². The molecule has 0 atom stereocenters. The molecule has 2 rings (SSSR count). The monoisotopic (exact) mass is 272 g/mol. The van der Waals surface area contributed by atoms with E-state index in [1.807, 2.05) is 13.8 Å². The number of carbonyl (C=O) groups excluding carboxylic acids is 2. The molecule has 0 aliphatic carbocycles. The van der Waals surface area contributed by atoms with Crippen LogP contribution in [-0.2, 0) is 4.74 Å². The predicted octanol–water partition coefficient (Wildman–Crippen LogP) is 3.57. The van der Waals surface area contributed by atoms with Gasteiger partial charge >= 0.3 is 5.97 Å². The quantitative estimate of drug-likeness (QED) is 0.616. The first-order valence-corrected chi connectivity index (χ1v) is 6.43. The molecular formula is C16H16O4. The maximum atomic E-state index is 12.1. The standard InChI is InChI=1S/C16H16O4/c1-11(2)10-19-16(18)14-6-4-3-5-13(14)15-8-7-12(9-17)20-15/h3-9,11H,10H2,1-2H3. The molecular weight excluding hydrogens is 256 g/mol. The number of hydrogen-bond acceptors (Lipinski definition) is 4. The van der Waals surface area contributed by atoms with Crippen molar-refractivity contribution in [2.75, 3.05) is 6.61 Å². The molecule has 104 valence electrons. The fraction of sp³-hybridized carbons (Fsp3) is 0.250. The Balaban J connectivity index is 2.30. The minimum atomic E-state index is -0.390. The molecule has 0 spiro atoms. The molecule has 2 aromatic rings. The van der Waals surface area contributed by atoms with Crippen molar-refractivity contribution in [1.29, 1.82) is 0 Å². The Bertz CT molecular complexity index is 610. The topological polar surface area (TPSA) is 56.5 Å². The zero-order valence-electron chi connectivity index (χ0n) is 11.5. The van der Waals surface area contributed by atoms with Gasteiger partial charge in [0.25, 0.3) is 0 Å². The molecule has 1 aromatic heterocycles. The van der Waals surface area contributed by atoms with Crippen LogP contribution in [0, 0.1) is 5.92 Å². The summed E-state index contributed by atoms with van der Waals surface area (Å²) in [6.45, 7) is 4.31. The first kappa shape index (κ1) is 14.1. The van der Waals surface area contributed by atoms with Gasteiger partial charge < -0.3 is 9.15 Å². The number of rotatable bonds is 5. The molecule has 0 saturated carbocycles. The van der Waals surface area contributed by atoms with Gasteiger partial charge in [0.1, 0.15) is 5.76 Å².